The van der Waals surface area contributed by atoms with Gasteiger partial charge in [0.15, 0.2) is 0 Å². The average Bonchev–Trinajstić information content (AvgIpc) is 2.26. The van der Waals surface area contributed by atoms with Gasteiger partial charge in [0.05, 0.1) is 5.92 Å². The van der Waals surface area contributed by atoms with Crippen molar-refractivity contribution in [2.45, 2.75) is 13.5 Å². The van der Waals surface area contributed by atoms with Crippen molar-refractivity contribution in [3.63, 3.8) is 0 Å². The maximum absolute atomic E-state index is 11.3. The lowest BCUT2D eigenvalue weighted by Crippen LogP contribution is -2.15. The van der Waals surface area contributed by atoms with Gasteiger partial charge in [-0.25, -0.2) is 0 Å². The standard InChI is InChI=1S/C11H13IO2/c1-9(7-12)11(13)14-8-10-5-3-2-4-6-10/h2-6,9H,7-8H2,1H3. The molecule has 0 aliphatic heterocycles. The molecule has 1 aromatic rings. The Balaban J connectivity index is 2.38. The van der Waals surface area contributed by atoms with E-state index in [1.165, 1.54) is 0 Å². The van der Waals surface area contributed by atoms with Gasteiger partial charge >= 0.3 is 5.97 Å². The number of esters is 1. The van der Waals surface area contributed by atoms with Crippen LogP contribution < -0.4 is 0 Å². The van der Waals surface area contributed by atoms with Crippen molar-refractivity contribution in [1.29, 1.82) is 0 Å². The van der Waals surface area contributed by atoms with E-state index in [1.54, 1.807) is 0 Å². The molecule has 0 bridgehead atoms. The van der Waals surface area contributed by atoms with Crippen LogP contribution in [0.3, 0.4) is 0 Å². The third-order valence-electron chi connectivity index (χ3n) is 1.86. The van der Waals surface area contributed by atoms with E-state index in [1.807, 2.05) is 37.3 Å². The normalized spacial score (nSPS) is 12.1. The van der Waals surface area contributed by atoms with Crippen LogP contribution in [-0.2, 0) is 16.1 Å². The molecule has 0 heterocycles. The van der Waals surface area contributed by atoms with Gasteiger partial charge in [-0.05, 0) is 5.56 Å². The van der Waals surface area contributed by atoms with Gasteiger partial charge in [0.25, 0.3) is 0 Å². The van der Waals surface area contributed by atoms with Gasteiger partial charge in [-0.2, -0.15) is 0 Å². The lowest BCUT2D eigenvalue weighted by Gasteiger charge is -2.08. The molecule has 0 aliphatic rings. The predicted octanol–water partition coefficient (Wildman–Crippen LogP) is 2.80. The van der Waals surface area contributed by atoms with Crippen molar-refractivity contribution in [3.8, 4) is 0 Å². The third kappa shape index (κ3) is 3.65. The molecule has 0 aromatic heterocycles. The first-order valence-corrected chi connectivity index (χ1v) is 6.03. The Morgan fingerprint density at radius 1 is 1.43 bits per heavy atom. The Labute approximate surface area is 97.8 Å². The molecule has 14 heavy (non-hydrogen) atoms. The fraction of sp³-hybridized carbons (Fsp3) is 0.364. The average molecular weight is 304 g/mol. The van der Waals surface area contributed by atoms with E-state index >= 15 is 0 Å². The highest BCUT2D eigenvalue weighted by Crippen LogP contribution is 2.06. The van der Waals surface area contributed by atoms with Gasteiger partial charge in [-0.15, -0.1) is 0 Å². The molecular weight excluding hydrogens is 291 g/mol. The second-order valence-corrected chi connectivity index (χ2v) is 4.03. The fourth-order valence-electron chi connectivity index (χ4n) is 0.934. The molecule has 0 radical (unpaired) electrons. The van der Waals surface area contributed by atoms with Gasteiger partial charge in [0, 0.05) is 4.43 Å². The number of hydrogen-bond donors (Lipinski definition) is 0. The Hall–Kier alpha value is -0.580. The lowest BCUT2D eigenvalue weighted by atomic mass is 10.2. The van der Waals surface area contributed by atoms with Crippen molar-refractivity contribution in [2.24, 2.45) is 5.92 Å². The molecular formula is C11H13IO2. The molecule has 1 aromatic carbocycles. The minimum atomic E-state index is -0.122. The second-order valence-electron chi connectivity index (χ2n) is 3.15. The summed E-state index contributed by atoms with van der Waals surface area (Å²) in [5.74, 6) is -0.137. The summed E-state index contributed by atoms with van der Waals surface area (Å²) in [7, 11) is 0. The number of alkyl halides is 1. The summed E-state index contributed by atoms with van der Waals surface area (Å²) in [6, 6.07) is 9.71. The van der Waals surface area contributed by atoms with Crippen LogP contribution in [0.1, 0.15) is 12.5 Å². The largest absolute Gasteiger partial charge is 0.461 e. The van der Waals surface area contributed by atoms with E-state index in [9.17, 15) is 4.79 Å². The fourth-order valence-corrected chi connectivity index (χ4v) is 1.29. The molecule has 0 fully saturated rings. The number of hydrogen-bond acceptors (Lipinski definition) is 2. The third-order valence-corrected chi connectivity index (χ3v) is 3.18. The van der Waals surface area contributed by atoms with Crippen LogP contribution in [0.5, 0.6) is 0 Å². The van der Waals surface area contributed by atoms with Crippen LogP contribution in [0.4, 0.5) is 0 Å². The quantitative estimate of drug-likeness (QED) is 0.486. The first-order valence-electron chi connectivity index (χ1n) is 4.50. The number of carbonyl (C=O) groups excluding carboxylic acids is 1. The molecule has 2 nitrogen and oxygen atoms in total. The summed E-state index contributed by atoms with van der Waals surface area (Å²) in [5.41, 5.74) is 1.03. The highest BCUT2D eigenvalue weighted by molar-refractivity contribution is 14.1. The van der Waals surface area contributed by atoms with Gasteiger partial charge in [0.2, 0.25) is 0 Å². The maximum atomic E-state index is 11.3. The molecule has 0 N–H and O–H groups in total. The molecule has 1 unspecified atom stereocenters. The minimum Gasteiger partial charge on any atom is -0.461 e. The van der Waals surface area contributed by atoms with E-state index in [2.05, 4.69) is 22.6 Å². The number of carbonyl (C=O) groups is 1. The van der Waals surface area contributed by atoms with Gasteiger partial charge in [-0.1, -0.05) is 59.8 Å². The van der Waals surface area contributed by atoms with Crippen molar-refractivity contribution < 1.29 is 9.53 Å². The summed E-state index contributed by atoms with van der Waals surface area (Å²) in [5, 5.41) is 0. The molecule has 0 saturated carbocycles. The molecule has 0 saturated heterocycles. The topological polar surface area (TPSA) is 26.3 Å². The van der Waals surface area contributed by atoms with Gasteiger partial charge in [-0.3, -0.25) is 4.79 Å². The Kier molecular flexibility index (Phi) is 4.93. The smallest absolute Gasteiger partial charge is 0.309 e. The summed E-state index contributed by atoms with van der Waals surface area (Å²) < 4.78 is 5.93. The first-order chi connectivity index (χ1) is 6.74. The van der Waals surface area contributed by atoms with E-state index in [4.69, 9.17) is 4.74 Å². The Bertz CT molecular complexity index is 285. The van der Waals surface area contributed by atoms with E-state index in [-0.39, 0.29) is 11.9 Å². The van der Waals surface area contributed by atoms with Crippen molar-refractivity contribution in [1.82, 2.24) is 0 Å². The molecule has 0 amide bonds. The first kappa shape index (κ1) is 11.5. The minimum absolute atomic E-state index is 0.0145. The molecule has 0 spiro atoms. The monoisotopic (exact) mass is 304 g/mol. The second kappa shape index (κ2) is 6.01. The predicted molar refractivity (Wildman–Crippen MR) is 64.3 cm³/mol. The maximum Gasteiger partial charge on any atom is 0.309 e. The zero-order valence-corrected chi connectivity index (χ0v) is 10.2. The Morgan fingerprint density at radius 2 is 2.07 bits per heavy atom. The zero-order chi connectivity index (χ0) is 10.4. The van der Waals surface area contributed by atoms with E-state index < -0.39 is 0 Å². The van der Waals surface area contributed by atoms with Crippen LogP contribution in [0.25, 0.3) is 0 Å². The molecule has 3 heteroatoms. The van der Waals surface area contributed by atoms with Crippen LogP contribution in [0.15, 0.2) is 30.3 Å². The number of benzene rings is 1. The molecule has 0 aliphatic carbocycles. The molecule has 1 atom stereocenters. The highest BCUT2D eigenvalue weighted by atomic mass is 127. The van der Waals surface area contributed by atoms with Crippen LogP contribution >= 0.6 is 22.6 Å². The van der Waals surface area contributed by atoms with Crippen molar-refractivity contribution >= 4 is 28.6 Å². The van der Waals surface area contributed by atoms with E-state index in [0.717, 1.165) is 9.99 Å². The SMILES string of the molecule is CC(CI)C(=O)OCc1ccccc1. The lowest BCUT2D eigenvalue weighted by molar-refractivity contribution is -0.148. The number of rotatable bonds is 4. The van der Waals surface area contributed by atoms with Crippen molar-refractivity contribution in [2.75, 3.05) is 4.43 Å². The van der Waals surface area contributed by atoms with E-state index in [0.29, 0.717) is 6.61 Å². The molecule has 76 valence electrons. The van der Waals surface area contributed by atoms with Crippen LogP contribution in [0, 0.1) is 5.92 Å². The zero-order valence-electron chi connectivity index (χ0n) is 8.07. The Morgan fingerprint density at radius 3 is 2.64 bits per heavy atom. The van der Waals surface area contributed by atoms with Crippen LogP contribution in [0.2, 0.25) is 0 Å². The van der Waals surface area contributed by atoms with Crippen LogP contribution in [-0.4, -0.2) is 10.4 Å². The summed E-state index contributed by atoms with van der Waals surface area (Å²) >= 11 is 2.18. The summed E-state index contributed by atoms with van der Waals surface area (Å²) in [6.45, 7) is 2.25. The summed E-state index contributed by atoms with van der Waals surface area (Å²) in [6.07, 6.45) is 0. The van der Waals surface area contributed by atoms with Gasteiger partial charge in [0.1, 0.15) is 6.61 Å². The van der Waals surface area contributed by atoms with Crippen molar-refractivity contribution in [3.05, 3.63) is 35.9 Å². The summed E-state index contributed by atoms with van der Waals surface area (Å²) in [4.78, 5) is 11.3. The number of ether oxygens (including phenoxy) is 1. The highest BCUT2D eigenvalue weighted by Gasteiger charge is 2.12. The van der Waals surface area contributed by atoms with Gasteiger partial charge < -0.3 is 4.74 Å². The molecule has 1 rings (SSSR count). The number of halogens is 1.